The van der Waals surface area contributed by atoms with Crippen LogP contribution in [0.5, 0.6) is 5.75 Å². The van der Waals surface area contributed by atoms with E-state index in [0.717, 1.165) is 12.0 Å². The van der Waals surface area contributed by atoms with Gasteiger partial charge in [0.05, 0.1) is 31.5 Å². The van der Waals surface area contributed by atoms with Crippen molar-refractivity contribution in [3.63, 3.8) is 0 Å². The molecule has 1 aliphatic rings. The fourth-order valence-electron chi connectivity index (χ4n) is 2.01. The first-order valence-corrected chi connectivity index (χ1v) is 5.67. The van der Waals surface area contributed by atoms with E-state index in [4.69, 9.17) is 19.0 Å². The van der Waals surface area contributed by atoms with E-state index in [-0.39, 0.29) is 12.7 Å². The minimum absolute atomic E-state index is 0.00454. The summed E-state index contributed by atoms with van der Waals surface area (Å²) in [6.07, 6.45) is 2.01. The topological polar surface area (TPSA) is 68.9 Å². The molecule has 0 aromatic carbocycles. The third-order valence-electron chi connectivity index (χ3n) is 2.89. The average Bonchev–Trinajstić information content (AvgIpc) is 2.34. The number of hydrogen-bond donors (Lipinski definition) is 1. The van der Waals surface area contributed by atoms with Crippen LogP contribution in [-0.4, -0.2) is 24.9 Å². The highest BCUT2D eigenvalue weighted by Gasteiger charge is 2.24. The Labute approximate surface area is 99.0 Å². The van der Waals surface area contributed by atoms with Crippen LogP contribution in [0.1, 0.15) is 24.2 Å². The Morgan fingerprint density at radius 2 is 2.41 bits per heavy atom. The van der Waals surface area contributed by atoms with Gasteiger partial charge in [0.15, 0.2) is 0 Å². The van der Waals surface area contributed by atoms with Gasteiger partial charge in [0, 0.05) is 13.0 Å². The van der Waals surface area contributed by atoms with Crippen molar-refractivity contribution in [2.45, 2.75) is 32.0 Å². The van der Waals surface area contributed by atoms with Gasteiger partial charge in [-0.15, -0.1) is 0 Å². The van der Waals surface area contributed by atoms with Gasteiger partial charge < -0.3 is 19.0 Å². The summed E-state index contributed by atoms with van der Waals surface area (Å²) in [4.78, 5) is 11.3. The van der Waals surface area contributed by atoms with E-state index in [0.29, 0.717) is 31.0 Å². The molecule has 1 aromatic heterocycles. The number of aliphatic hydroxyl groups excluding tert-OH is 1. The quantitative estimate of drug-likeness (QED) is 0.845. The Balaban J connectivity index is 2.20. The van der Waals surface area contributed by atoms with Crippen LogP contribution >= 0.6 is 0 Å². The molecule has 1 N–H and O–H groups in total. The van der Waals surface area contributed by atoms with Crippen molar-refractivity contribution in [3.8, 4) is 5.75 Å². The van der Waals surface area contributed by atoms with Gasteiger partial charge in [0.2, 0.25) is 0 Å². The van der Waals surface area contributed by atoms with Crippen molar-refractivity contribution < 1.29 is 19.0 Å². The second-order valence-corrected chi connectivity index (χ2v) is 4.04. The second-order valence-electron chi connectivity index (χ2n) is 4.04. The van der Waals surface area contributed by atoms with Crippen LogP contribution in [0.15, 0.2) is 15.3 Å². The zero-order valence-electron chi connectivity index (χ0n) is 9.77. The van der Waals surface area contributed by atoms with Crippen LogP contribution < -0.4 is 10.4 Å². The van der Waals surface area contributed by atoms with E-state index in [1.54, 1.807) is 0 Å². The molecule has 17 heavy (non-hydrogen) atoms. The summed E-state index contributed by atoms with van der Waals surface area (Å²) in [6, 6.07) is 1.33. The lowest BCUT2D eigenvalue weighted by Crippen LogP contribution is -2.24. The van der Waals surface area contributed by atoms with E-state index in [2.05, 4.69) is 0 Å². The molecule has 1 unspecified atom stereocenters. The molecule has 1 aromatic rings. The largest absolute Gasteiger partial charge is 0.496 e. The number of rotatable bonds is 4. The molecule has 0 spiro atoms. The van der Waals surface area contributed by atoms with Crippen molar-refractivity contribution in [1.82, 2.24) is 0 Å². The number of aliphatic hydroxyl groups is 1. The van der Waals surface area contributed by atoms with Crippen LogP contribution in [0.3, 0.4) is 0 Å². The maximum Gasteiger partial charge on any atom is 0.339 e. The van der Waals surface area contributed by atoms with Crippen molar-refractivity contribution in [2.24, 2.45) is 0 Å². The van der Waals surface area contributed by atoms with Gasteiger partial charge in [-0.05, 0) is 12.8 Å². The van der Waals surface area contributed by atoms with Crippen molar-refractivity contribution in [2.75, 3.05) is 13.7 Å². The van der Waals surface area contributed by atoms with Gasteiger partial charge in [0.25, 0.3) is 0 Å². The first kappa shape index (κ1) is 12.1. The Kier molecular flexibility index (Phi) is 3.81. The van der Waals surface area contributed by atoms with E-state index in [1.807, 2.05) is 0 Å². The standard InChI is InChI=1S/C12H16O5/c1-15-10-6-12(14)17-11-5-8(3-2-4-13)16-7-9(10)11/h6,8,13H,2-5,7H2,1H3. The molecule has 94 valence electrons. The van der Waals surface area contributed by atoms with Crippen molar-refractivity contribution in [3.05, 3.63) is 27.8 Å². The molecule has 5 nitrogen and oxygen atoms in total. The molecule has 0 bridgehead atoms. The summed E-state index contributed by atoms with van der Waals surface area (Å²) in [5, 5.41) is 8.77. The smallest absolute Gasteiger partial charge is 0.339 e. The molecule has 5 heteroatoms. The van der Waals surface area contributed by atoms with E-state index in [9.17, 15) is 4.79 Å². The zero-order valence-corrected chi connectivity index (χ0v) is 9.77. The maximum atomic E-state index is 11.3. The lowest BCUT2D eigenvalue weighted by molar-refractivity contribution is 0.0103. The molecule has 0 saturated heterocycles. The fourth-order valence-corrected chi connectivity index (χ4v) is 2.01. The number of fused-ring (bicyclic) bond motifs is 1. The van der Waals surface area contributed by atoms with E-state index < -0.39 is 5.63 Å². The highest BCUT2D eigenvalue weighted by molar-refractivity contribution is 5.34. The van der Waals surface area contributed by atoms with Crippen molar-refractivity contribution in [1.29, 1.82) is 0 Å². The molecular weight excluding hydrogens is 224 g/mol. The second kappa shape index (κ2) is 5.33. The first-order valence-electron chi connectivity index (χ1n) is 5.67. The van der Waals surface area contributed by atoms with Crippen molar-refractivity contribution >= 4 is 0 Å². The summed E-state index contributed by atoms with van der Waals surface area (Å²) in [7, 11) is 1.52. The lowest BCUT2D eigenvalue weighted by Gasteiger charge is -2.24. The highest BCUT2D eigenvalue weighted by Crippen LogP contribution is 2.28. The molecule has 0 fully saturated rings. The van der Waals surface area contributed by atoms with Crippen LogP contribution in [0.25, 0.3) is 0 Å². The Morgan fingerprint density at radius 1 is 1.59 bits per heavy atom. The van der Waals surface area contributed by atoms with E-state index >= 15 is 0 Å². The Morgan fingerprint density at radius 3 is 3.12 bits per heavy atom. The monoisotopic (exact) mass is 240 g/mol. The molecule has 0 amide bonds. The number of ether oxygens (including phenoxy) is 2. The molecule has 0 aliphatic carbocycles. The summed E-state index contributed by atoms with van der Waals surface area (Å²) in [6.45, 7) is 0.535. The minimum atomic E-state index is -0.400. The molecule has 1 atom stereocenters. The normalized spacial score (nSPS) is 18.8. The van der Waals surface area contributed by atoms with Gasteiger partial charge >= 0.3 is 5.63 Å². The summed E-state index contributed by atoms with van der Waals surface area (Å²) in [5.74, 6) is 1.17. The summed E-state index contributed by atoms with van der Waals surface area (Å²) in [5.41, 5.74) is 0.413. The number of methoxy groups -OCH3 is 1. The summed E-state index contributed by atoms with van der Waals surface area (Å²) < 4.78 is 15.9. The predicted molar refractivity (Wildman–Crippen MR) is 60.1 cm³/mol. The molecular formula is C12H16O5. The highest BCUT2D eigenvalue weighted by atomic mass is 16.5. The van der Waals surface area contributed by atoms with Gasteiger partial charge in [0.1, 0.15) is 11.5 Å². The van der Waals surface area contributed by atoms with Gasteiger partial charge in [-0.1, -0.05) is 0 Å². The van der Waals surface area contributed by atoms with Gasteiger partial charge in [-0.3, -0.25) is 0 Å². The SMILES string of the molecule is COc1cc(=O)oc2c1COC(CCCO)C2. The maximum absolute atomic E-state index is 11.3. The van der Waals surface area contributed by atoms with E-state index in [1.165, 1.54) is 13.2 Å². The van der Waals surface area contributed by atoms with Crippen LogP contribution in [0, 0.1) is 0 Å². The third-order valence-corrected chi connectivity index (χ3v) is 2.89. The molecule has 0 saturated carbocycles. The minimum Gasteiger partial charge on any atom is -0.496 e. The van der Waals surface area contributed by atoms with Gasteiger partial charge in [-0.25, -0.2) is 4.79 Å². The van der Waals surface area contributed by atoms with Crippen LogP contribution in [0.4, 0.5) is 0 Å². The first-order chi connectivity index (χ1) is 8.24. The van der Waals surface area contributed by atoms with Crippen LogP contribution in [0.2, 0.25) is 0 Å². The average molecular weight is 240 g/mol. The Bertz CT molecular complexity index is 437. The summed E-state index contributed by atoms with van der Waals surface area (Å²) >= 11 is 0. The molecule has 2 heterocycles. The predicted octanol–water partition coefficient (Wildman–Crippen LogP) is 0.862. The number of hydrogen-bond acceptors (Lipinski definition) is 5. The lowest BCUT2D eigenvalue weighted by atomic mass is 10.0. The molecule has 1 aliphatic heterocycles. The zero-order chi connectivity index (χ0) is 12.3. The Hall–Kier alpha value is -1.33. The van der Waals surface area contributed by atoms with Crippen LogP contribution in [-0.2, 0) is 17.8 Å². The van der Waals surface area contributed by atoms with Gasteiger partial charge in [-0.2, -0.15) is 0 Å². The molecule has 0 radical (unpaired) electrons. The fraction of sp³-hybridized carbons (Fsp3) is 0.583. The molecule has 2 rings (SSSR count). The third kappa shape index (κ3) is 2.68.